The van der Waals surface area contributed by atoms with Gasteiger partial charge in [0, 0.05) is 23.8 Å². The maximum atomic E-state index is 12.9. The van der Waals surface area contributed by atoms with Gasteiger partial charge < -0.3 is 69.0 Å². The number of phenols is 2. The molecule has 0 radical (unpaired) electrons. The molecule has 2 aliphatic heterocycles. The Morgan fingerprint density at radius 1 is 0.837 bits per heavy atom. The fourth-order valence-corrected chi connectivity index (χ4v) is 5.01. The number of ether oxygens (including phenoxy) is 5. The first-order valence-corrected chi connectivity index (χ1v) is 13.3. The number of aliphatic hydroxyl groups is 6. The number of phenolic OH excluding ortho intramolecular Hbond substituents is 2. The summed E-state index contributed by atoms with van der Waals surface area (Å²) in [5.74, 6) is -0.653. The number of aromatic hydroxyl groups is 2. The molecule has 2 saturated heterocycles. The van der Waals surface area contributed by atoms with Gasteiger partial charge in [0.05, 0.1) is 19.8 Å². The van der Waals surface area contributed by atoms with Crippen molar-refractivity contribution in [1.82, 2.24) is 0 Å². The molecule has 3 heterocycles. The van der Waals surface area contributed by atoms with E-state index in [4.69, 9.17) is 28.1 Å². The van der Waals surface area contributed by atoms with E-state index in [0.717, 1.165) is 12.1 Å². The highest BCUT2D eigenvalue weighted by Gasteiger charge is 2.50. The Morgan fingerprint density at radius 2 is 1.58 bits per heavy atom. The number of hydrogen-bond donors (Lipinski definition) is 8. The Morgan fingerprint density at radius 3 is 2.26 bits per heavy atom. The molecule has 0 saturated carbocycles. The van der Waals surface area contributed by atoms with Crippen LogP contribution in [0.1, 0.15) is 6.92 Å². The van der Waals surface area contributed by atoms with Crippen LogP contribution in [0.5, 0.6) is 23.0 Å². The molecule has 5 rings (SSSR count). The lowest BCUT2D eigenvalue weighted by atomic mass is 9.97. The minimum atomic E-state index is -1.77. The molecule has 2 fully saturated rings. The number of aliphatic hydroxyl groups excluding tert-OH is 6. The van der Waals surface area contributed by atoms with Crippen molar-refractivity contribution in [2.75, 3.05) is 13.7 Å². The molecule has 43 heavy (non-hydrogen) atoms. The molecule has 2 unspecified atom stereocenters. The van der Waals surface area contributed by atoms with Gasteiger partial charge in [0.25, 0.3) is 0 Å². The summed E-state index contributed by atoms with van der Waals surface area (Å²) >= 11 is 0. The smallest absolute Gasteiger partial charge is 0.229 e. The van der Waals surface area contributed by atoms with Gasteiger partial charge in [-0.05, 0) is 25.1 Å². The summed E-state index contributed by atoms with van der Waals surface area (Å²) in [5.41, 5.74) is -0.414. The third kappa shape index (κ3) is 5.86. The molecule has 3 aromatic rings. The summed E-state index contributed by atoms with van der Waals surface area (Å²) in [4.78, 5) is 12.9. The summed E-state index contributed by atoms with van der Waals surface area (Å²) < 4.78 is 33.5. The molecule has 15 nitrogen and oxygen atoms in total. The first kappa shape index (κ1) is 30.9. The van der Waals surface area contributed by atoms with Crippen molar-refractivity contribution in [3.05, 3.63) is 46.6 Å². The van der Waals surface area contributed by atoms with Crippen molar-refractivity contribution in [2.24, 2.45) is 0 Å². The second-order valence-corrected chi connectivity index (χ2v) is 10.3. The summed E-state index contributed by atoms with van der Waals surface area (Å²) in [6.45, 7) is 0.687. The van der Waals surface area contributed by atoms with Gasteiger partial charge in [0.15, 0.2) is 29.3 Å². The third-order valence-corrected chi connectivity index (χ3v) is 7.42. The maximum absolute atomic E-state index is 12.9. The molecule has 0 aliphatic carbocycles. The lowest BCUT2D eigenvalue weighted by Gasteiger charge is -2.45. The second-order valence-electron chi connectivity index (χ2n) is 10.3. The zero-order chi connectivity index (χ0) is 31.2. The first-order valence-electron chi connectivity index (χ1n) is 13.3. The Bertz CT molecular complexity index is 1510. The molecule has 2 aromatic carbocycles. The highest BCUT2D eigenvalue weighted by Crippen LogP contribution is 2.36. The highest BCUT2D eigenvalue weighted by atomic mass is 16.8. The van der Waals surface area contributed by atoms with Crippen molar-refractivity contribution in [1.29, 1.82) is 0 Å². The zero-order valence-electron chi connectivity index (χ0n) is 22.9. The van der Waals surface area contributed by atoms with E-state index in [2.05, 4.69) is 0 Å². The van der Waals surface area contributed by atoms with E-state index in [-0.39, 0.29) is 34.0 Å². The number of benzene rings is 2. The van der Waals surface area contributed by atoms with Crippen molar-refractivity contribution >= 4 is 11.0 Å². The summed E-state index contributed by atoms with van der Waals surface area (Å²) in [6, 6.07) is 7.77. The normalized spacial score (nSPS) is 32.9. The fraction of sp³-hybridized carbons (Fsp3) is 0.464. The van der Waals surface area contributed by atoms with Crippen LogP contribution in [0, 0.1) is 0 Å². The maximum Gasteiger partial charge on any atom is 0.229 e. The predicted octanol–water partition coefficient (Wildman–Crippen LogP) is -1.09. The molecule has 234 valence electrons. The number of methoxy groups -OCH3 is 1. The van der Waals surface area contributed by atoms with Gasteiger partial charge in [-0.15, -0.1) is 0 Å². The van der Waals surface area contributed by atoms with Crippen molar-refractivity contribution in [3.63, 3.8) is 0 Å². The molecule has 2 aliphatic rings. The second kappa shape index (κ2) is 12.2. The molecular formula is C28H32O15. The van der Waals surface area contributed by atoms with Crippen LogP contribution < -0.4 is 14.9 Å². The molecule has 10 atom stereocenters. The molecular weight excluding hydrogens is 576 g/mol. The van der Waals surface area contributed by atoms with Crippen LogP contribution in [0.25, 0.3) is 22.3 Å². The van der Waals surface area contributed by atoms with E-state index in [9.17, 15) is 45.6 Å². The lowest BCUT2D eigenvalue weighted by molar-refractivity contribution is -0.354. The molecule has 1 aromatic heterocycles. The monoisotopic (exact) mass is 608 g/mol. The third-order valence-electron chi connectivity index (χ3n) is 7.42. The molecule has 15 heteroatoms. The number of fused-ring (bicyclic) bond motifs is 1. The Kier molecular flexibility index (Phi) is 8.80. The van der Waals surface area contributed by atoms with Crippen molar-refractivity contribution in [2.45, 2.75) is 68.3 Å². The van der Waals surface area contributed by atoms with Gasteiger partial charge in [-0.3, -0.25) is 4.79 Å². The summed E-state index contributed by atoms with van der Waals surface area (Å²) in [6.07, 6.45) is -15.4. The Labute approximate surface area is 243 Å². The quantitative estimate of drug-likeness (QED) is 0.159. The van der Waals surface area contributed by atoms with E-state index in [1.165, 1.54) is 32.2 Å². The van der Waals surface area contributed by atoms with E-state index < -0.39 is 79.2 Å². The molecule has 0 spiro atoms. The highest BCUT2D eigenvalue weighted by molar-refractivity contribution is 5.86. The summed E-state index contributed by atoms with van der Waals surface area (Å²) in [7, 11) is 1.38. The Balaban J connectivity index is 1.48. The number of hydrogen-bond acceptors (Lipinski definition) is 15. The number of rotatable bonds is 7. The molecule has 0 bridgehead atoms. The van der Waals surface area contributed by atoms with Crippen LogP contribution in [0.3, 0.4) is 0 Å². The van der Waals surface area contributed by atoms with Gasteiger partial charge in [0.1, 0.15) is 64.9 Å². The van der Waals surface area contributed by atoms with Crippen LogP contribution in [-0.2, 0) is 14.2 Å². The van der Waals surface area contributed by atoms with Crippen LogP contribution in [-0.4, -0.2) is 116 Å². The molecule has 8 N–H and O–H groups in total. The van der Waals surface area contributed by atoms with E-state index >= 15 is 0 Å². The first-order chi connectivity index (χ1) is 20.4. The minimum Gasteiger partial charge on any atom is -0.507 e. The average Bonchev–Trinajstić information content (AvgIpc) is 2.97. The van der Waals surface area contributed by atoms with Gasteiger partial charge in [0.2, 0.25) is 6.29 Å². The summed E-state index contributed by atoms with van der Waals surface area (Å²) in [5, 5.41) is 82.2. The predicted molar refractivity (Wildman–Crippen MR) is 143 cm³/mol. The fourth-order valence-electron chi connectivity index (χ4n) is 5.01. The van der Waals surface area contributed by atoms with Crippen LogP contribution in [0.2, 0.25) is 0 Å². The average molecular weight is 609 g/mol. The van der Waals surface area contributed by atoms with Crippen LogP contribution in [0.4, 0.5) is 0 Å². The lowest BCUT2D eigenvalue weighted by Crippen LogP contribution is -2.64. The largest absolute Gasteiger partial charge is 0.507 e. The van der Waals surface area contributed by atoms with Crippen molar-refractivity contribution in [3.8, 4) is 34.3 Å². The van der Waals surface area contributed by atoms with Crippen LogP contribution >= 0.6 is 0 Å². The van der Waals surface area contributed by atoms with E-state index in [0.29, 0.717) is 5.56 Å². The van der Waals surface area contributed by atoms with E-state index in [1.54, 1.807) is 6.07 Å². The van der Waals surface area contributed by atoms with Gasteiger partial charge in [-0.25, -0.2) is 0 Å². The Hall–Kier alpha value is -3.51. The van der Waals surface area contributed by atoms with Gasteiger partial charge >= 0.3 is 0 Å². The molecule has 0 amide bonds. The van der Waals surface area contributed by atoms with Gasteiger partial charge in [-0.1, -0.05) is 0 Å². The SMILES string of the molecule is COc1ccc(-c2cc(=O)c3c(O)cc(OC4O[C@H](CO)[C@@H](O)[C@H](O)C4O[C@@H]4O[C@@H](C)[C@H](O)[C@@H](O)[C@H]4O)cc3o2)cc1O. The standard InChI is InChI=1S/C28H32O15/c1-10-21(33)23(35)25(37)27(39-10)43-26-24(36)22(34)19(9-29)42-28(26)40-12-6-14(31)20-15(32)8-17(41-18(20)7-12)11-3-4-16(38-2)13(30)5-11/h3-8,10,19,21-31,33-37H,9H2,1-2H3/t10-,19+,21-,22+,23+,24-,25+,26?,27-,28?/m0/s1. The zero-order valence-corrected chi connectivity index (χ0v) is 22.9. The minimum absolute atomic E-state index is 0.0410. The van der Waals surface area contributed by atoms with Crippen LogP contribution in [0.15, 0.2) is 45.6 Å². The topological polar surface area (TPSA) is 238 Å². The van der Waals surface area contributed by atoms with Gasteiger partial charge in [-0.2, -0.15) is 0 Å². The van der Waals surface area contributed by atoms with Crippen molar-refractivity contribution < 1.29 is 69.0 Å². The van der Waals surface area contributed by atoms with E-state index in [1.807, 2.05) is 0 Å².